The fourth-order valence-electron chi connectivity index (χ4n) is 3.91. The number of thiophene rings is 1. The van der Waals surface area contributed by atoms with E-state index in [1.807, 2.05) is 27.7 Å². The lowest BCUT2D eigenvalue weighted by atomic mass is 9.82. The van der Waals surface area contributed by atoms with E-state index in [-0.39, 0.29) is 29.6 Å². The molecule has 6 nitrogen and oxygen atoms in total. The number of esters is 1. The summed E-state index contributed by atoms with van der Waals surface area (Å²) in [6.07, 6.45) is 3.82. The summed E-state index contributed by atoms with van der Waals surface area (Å²) in [4.78, 5) is 43.2. The first-order chi connectivity index (χ1) is 15.3. The molecule has 182 valence electrons. The van der Waals surface area contributed by atoms with Gasteiger partial charge in [-0.1, -0.05) is 18.8 Å². The molecule has 7 heteroatoms. The average Bonchev–Trinajstić information content (AvgIpc) is 3.15. The number of hydrogen-bond donors (Lipinski definition) is 0. The normalized spacial score (nSPS) is 19.2. The van der Waals surface area contributed by atoms with E-state index in [9.17, 15) is 14.4 Å². The van der Waals surface area contributed by atoms with Gasteiger partial charge < -0.3 is 14.5 Å². The maximum Gasteiger partial charge on any atom is 0.350 e. The molecular formula is C26H38N2O4S. The molecule has 0 aliphatic heterocycles. The first-order valence-electron chi connectivity index (χ1n) is 11.6. The SMILES string of the molecule is COC(=O)c1sc(C#CC(C)(C)C)cc1N(C(=O)C1CCC(C)CC1)C(C)CC(=O)N(C)C. The molecule has 1 unspecified atom stereocenters. The van der Waals surface area contributed by atoms with Crippen LogP contribution in [0.25, 0.3) is 0 Å². The monoisotopic (exact) mass is 474 g/mol. The summed E-state index contributed by atoms with van der Waals surface area (Å²) in [6, 6.07) is 1.39. The summed E-state index contributed by atoms with van der Waals surface area (Å²) in [5.41, 5.74) is 0.294. The van der Waals surface area contributed by atoms with Crippen molar-refractivity contribution in [1.82, 2.24) is 4.90 Å². The van der Waals surface area contributed by atoms with Crippen LogP contribution in [0.5, 0.6) is 0 Å². The van der Waals surface area contributed by atoms with Crippen LogP contribution >= 0.6 is 11.3 Å². The van der Waals surface area contributed by atoms with Gasteiger partial charge in [-0.05, 0) is 65.4 Å². The Hall–Kier alpha value is -2.33. The minimum Gasteiger partial charge on any atom is -0.465 e. The molecule has 1 heterocycles. The fourth-order valence-corrected chi connectivity index (χ4v) is 4.83. The van der Waals surface area contributed by atoms with Crippen molar-refractivity contribution in [3.63, 3.8) is 0 Å². The fraction of sp³-hybridized carbons (Fsp3) is 0.654. The second kappa shape index (κ2) is 11.2. The number of amides is 2. The third kappa shape index (κ3) is 7.33. The van der Waals surface area contributed by atoms with Crippen molar-refractivity contribution >= 4 is 34.8 Å². The van der Waals surface area contributed by atoms with Gasteiger partial charge in [0.25, 0.3) is 0 Å². The highest BCUT2D eigenvalue weighted by atomic mass is 32.1. The summed E-state index contributed by atoms with van der Waals surface area (Å²) < 4.78 is 5.03. The minimum atomic E-state index is -0.500. The van der Waals surface area contributed by atoms with Crippen LogP contribution in [0.15, 0.2) is 6.07 Å². The Bertz CT molecular complexity index is 924. The van der Waals surface area contributed by atoms with E-state index >= 15 is 0 Å². The smallest absolute Gasteiger partial charge is 0.350 e. The predicted octanol–water partition coefficient (Wildman–Crippen LogP) is 4.96. The number of methoxy groups -OCH3 is 1. The molecule has 1 aliphatic carbocycles. The largest absolute Gasteiger partial charge is 0.465 e. The van der Waals surface area contributed by atoms with E-state index in [1.54, 1.807) is 25.1 Å². The maximum atomic E-state index is 13.8. The van der Waals surface area contributed by atoms with Crippen LogP contribution in [0, 0.1) is 29.1 Å². The zero-order valence-corrected chi connectivity index (χ0v) is 22.1. The topological polar surface area (TPSA) is 66.9 Å². The summed E-state index contributed by atoms with van der Waals surface area (Å²) in [7, 11) is 4.74. The van der Waals surface area contributed by atoms with Crippen LogP contribution in [0.1, 0.15) is 81.3 Å². The molecule has 1 saturated carbocycles. The lowest BCUT2D eigenvalue weighted by Gasteiger charge is -2.35. The van der Waals surface area contributed by atoms with Crippen LogP contribution in [0.2, 0.25) is 0 Å². The second-order valence-electron chi connectivity index (χ2n) is 10.3. The summed E-state index contributed by atoms with van der Waals surface area (Å²) in [5, 5.41) is 0. The van der Waals surface area contributed by atoms with Gasteiger partial charge in [0.1, 0.15) is 4.88 Å². The number of nitrogens with zero attached hydrogens (tertiary/aromatic N) is 2. The Morgan fingerprint density at radius 2 is 1.79 bits per heavy atom. The van der Waals surface area contributed by atoms with Crippen LogP contribution in [-0.2, 0) is 14.3 Å². The lowest BCUT2D eigenvalue weighted by Crippen LogP contribution is -2.45. The Balaban J connectivity index is 2.54. The molecule has 33 heavy (non-hydrogen) atoms. The van der Waals surface area contributed by atoms with E-state index in [4.69, 9.17) is 4.74 Å². The van der Waals surface area contributed by atoms with Crippen LogP contribution in [0.3, 0.4) is 0 Å². The molecule has 0 bridgehead atoms. The van der Waals surface area contributed by atoms with Gasteiger partial charge in [0.15, 0.2) is 0 Å². The van der Waals surface area contributed by atoms with Crippen molar-refractivity contribution in [1.29, 1.82) is 0 Å². The Kier molecular flexibility index (Phi) is 9.13. The minimum absolute atomic E-state index is 0.0285. The Morgan fingerprint density at radius 3 is 2.30 bits per heavy atom. The number of hydrogen-bond acceptors (Lipinski definition) is 5. The molecule has 1 aromatic heterocycles. The van der Waals surface area contributed by atoms with Gasteiger partial charge in [0.2, 0.25) is 11.8 Å². The highest BCUT2D eigenvalue weighted by Crippen LogP contribution is 2.37. The van der Waals surface area contributed by atoms with Crippen LogP contribution in [-0.4, -0.2) is 49.9 Å². The number of carbonyl (C=O) groups is 3. The Morgan fingerprint density at radius 1 is 1.18 bits per heavy atom. The van der Waals surface area contributed by atoms with E-state index in [0.717, 1.165) is 25.7 Å². The highest BCUT2D eigenvalue weighted by Gasteiger charge is 2.35. The van der Waals surface area contributed by atoms with Gasteiger partial charge in [-0.25, -0.2) is 4.79 Å². The average molecular weight is 475 g/mol. The van der Waals surface area contributed by atoms with Crippen LogP contribution < -0.4 is 4.90 Å². The molecular weight excluding hydrogens is 436 g/mol. The molecule has 2 rings (SSSR count). The van der Waals surface area contributed by atoms with Crippen molar-refractivity contribution in [2.24, 2.45) is 17.3 Å². The molecule has 0 radical (unpaired) electrons. The molecule has 0 spiro atoms. The van der Waals surface area contributed by atoms with Crippen LogP contribution in [0.4, 0.5) is 5.69 Å². The molecule has 1 aromatic rings. The molecule has 0 saturated heterocycles. The number of ether oxygens (including phenoxy) is 1. The second-order valence-corrected chi connectivity index (χ2v) is 11.4. The highest BCUT2D eigenvalue weighted by molar-refractivity contribution is 7.15. The summed E-state index contributed by atoms with van der Waals surface area (Å²) >= 11 is 1.23. The zero-order valence-electron chi connectivity index (χ0n) is 21.3. The van der Waals surface area contributed by atoms with Gasteiger partial charge in [0.05, 0.1) is 17.7 Å². The van der Waals surface area contributed by atoms with Gasteiger partial charge in [-0.15, -0.1) is 11.3 Å². The third-order valence-corrected chi connectivity index (χ3v) is 6.94. The number of rotatable bonds is 6. The zero-order chi connectivity index (χ0) is 24.9. The maximum absolute atomic E-state index is 13.8. The lowest BCUT2D eigenvalue weighted by molar-refractivity contribution is -0.129. The molecule has 0 aromatic carbocycles. The quantitative estimate of drug-likeness (QED) is 0.432. The first kappa shape index (κ1) is 26.9. The van der Waals surface area contributed by atoms with Crippen molar-refractivity contribution in [3.8, 4) is 11.8 Å². The molecule has 0 N–H and O–H groups in total. The van der Waals surface area contributed by atoms with Gasteiger partial charge in [-0.3, -0.25) is 9.59 Å². The van der Waals surface area contributed by atoms with E-state index in [2.05, 4.69) is 18.8 Å². The summed E-state index contributed by atoms with van der Waals surface area (Å²) in [6.45, 7) is 10.1. The molecule has 2 amide bonds. The third-order valence-electron chi connectivity index (χ3n) is 5.92. The van der Waals surface area contributed by atoms with E-state index < -0.39 is 12.0 Å². The van der Waals surface area contributed by atoms with E-state index in [1.165, 1.54) is 23.3 Å². The summed E-state index contributed by atoms with van der Waals surface area (Å²) in [5.74, 6) is 6.24. The van der Waals surface area contributed by atoms with Gasteiger partial charge in [-0.2, -0.15) is 0 Å². The molecule has 1 fully saturated rings. The first-order valence-corrected chi connectivity index (χ1v) is 12.4. The molecule has 1 atom stereocenters. The predicted molar refractivity (Wildman–Crippen MR) is 133 cm³/mol. The van der Waals surface area contributed by atoms with Gasteiger partial charge >= 0.3 is 5.97 Å². The van der Waals surface area contributed by atoms with Crippen molar-refractivity contribution in [3.05, 3.63) is 15.8 Å². The van der Waals surface area contributed by atoms with Crippen molar-refractivity contribution in [2.45, 2.75) is 72.8 Å². The standard InChI is InChI=1S/C26H38N2O4S/c1-17-9-11-19(12-10-17)24(30)28(18(2)15-22(29)27(6)7)21-16-20(13-14-26(3,4)5)33-23(21)25(31)32-8/h16-19H,9-12,15H2,1-8H3. The van der Waals surface area contributed by atoms with Crippen molar-refractivity contribution in [2.75, 3.05) is 26.1 Å². The number of anilines is 1. The Labute approximate surface area is 202 Å². The van der Waals surface area contributed by atoms with Crippen molar-refractivity contribution < 1.29 is 19.1 Å². The van der Waals surface area contributed by atoms with E-state index in [0.29, 0.717) is 21.4 Å². The molecule has 1 aliphatic rings. The van der Waals surface area contributed by atoms with Gasteiger partial charge in [0, 0.05) is 37.9 Å². The number of carbonyl (C=O) groups excluding carboxylic acids is 3.